The third-order valence-corrected chi connectivity index (χ3v) is 4.48. The zero-order valence-corrected chi connectivity index (χ0v) is 14.6. The van der Waals surface area contributed by atoms with E-state index in [4.69, 9.17) is 0 Å². The Morgan fingerprint density at radius 3 is 2.71 bits per heavy atom. The molecule has 5 nitrogen and oxygen atoms in total. The number of carbonyl (C=O) groups is 1. The Morgan fingerprint density at radius 1 is 1.21 bits per heavy atom. The van der Waals surface area contributed by atoms with Crippen LogP contribution in [0.15, 0.2) is 30.3 Å². The monoisotopic (exact) mass is 324 g/mol. The minimum absolute atomic E-state index is 0.0305. The highest BCUT2D eigenvalue weighted by Gasteiger charge is 2.22. The van der Waals surface area contributed by atoms with Crippen LogP contribution in [0.1, 0.15) is 42.1 Å². The van der Waals surface area contributed by atoms with Crippen LogP contribution in [-0.2, 0) is 6.42 Å². The molecule has 0 spiro atoms. The molecule has 1 aliphatic rings. The van der Waals surface area contributed by atoms with Crippen LogP contribution in [0.25, 0.3) is 0 Å². The Hall–Kier alpha value is -2.43. The second-order valence-corrected chi connectivity index (χ2v) is 6.02. The SMILES string of the molecule is CCN(CC)C(=O)c1cc(N2CCCc3ccccc32)nc(C)n1. The van der Waals surface area contributed by atoms with E-state index in [1.165, 1.54) is 11.3 Å². The third-order valence-electron chi connectivity index (χ3n) is 4.48. The molecule has 0 saturated carbocycles. The summed E-state index contributed by atoms with van der Waals surface area (Å²) in [5.74, 6) is 1.41. The van der Waals surface area contributed by atoms with Gasteiger partial charge < -0.3 is 9.80 Å². The van der Waals surface area contributed by atoms with Crippen molar-refractivity contribution in [3.05, 3.63) is 47.4 Å². The van der Waals surface area contributed by atoms with Gasteiger partial charge in [-0.1, -0.05) is 18.2 Å². The summed E-state index contributed by atoms with van der Waals surface area (Å²) in [7, 11) is 0. The average Bonchev–Trinajstić information content (AvgIpc) is 2.61. The smallest absolute Gasteiger partial charge is 0.272 e. The molecule has 0 saturated heterocycles. The molecule has 0 aliphatic carbocycles. The van der Waals surface area contributed by atoms with Gasteiger partial charge in [-0.25, -0.2) is 9.97 Å². The van der Waals surface area contributed by atoms with Gasteiger partial charge in [0.2, 0.25) is 0 Å². The predicted molar refractivity (Wildman–Crippen MR) is 95.8 cm³/mol. The molecular formula is C19H24N4O. The molecule has 1 aliphatic heterocycles. The van der Waals surface area contributed by atoms with Crippen LogP contribution in [-0.4, -0.2) is 40.4 Å². The van der Waals surface area contributed by atoms with Crippen LogP contribution >= 0.6 is 0 Å². The standard InChI is InChI=1S/C19H24N4O/c1-4-22(5-2)19(24)16-13-18(21-14(3)20-16)23-12-8-10-15-9-6-7-11-17(15)23/h6-7,9,11,13H,4-5,8,10,12H2,1-3H3. The Bertz CT molecular complexity index is 740. The lowest BCUT2D eigenvalue weighted by molar-refractivity contribution is 0.0766. The number of aromatic nitrogens is 2. The summed E-state index contributed by atoms with van der Waals surface area (Å²) in [5, 5.41) is 0. The molecule has 0 bridgehead atoms. The van der Waals surface area contributed by atoms with Gasteiger partial charge in [0, 0.05) is 31.4 Å². The maximum atomic E-state index is 12.7. The Labute approximate surface area is 143 Å². The summed E-state index contributed by atoms with van der Waals surface area (Å²) < 4.78 is 0. The van der Waals surface area contributed by atoms with E-state index in [-0.39, 0.29) is 5.91 Å². The fraction of sp³-hybridized carbons (Fsp3) is 0.421. The Kier molecular flexibility index (Phi) is 4.79. The lowest BCUT2D eigenvalue weighted by Crippen LogP contribution is -2.32. The summed E-state index contributed by atoms with van der Waals surface area (Å²) >= 11 is 0. The lowest BCUT2D eigenvalue weighted by Gasteiger charge is -2.30. The summed E-state index contributed by atoms with van der Waals surface area (Å²) in [4.78, 5) is 25.6. The number of nitrogens with zero attached hydrogens (tertiary/aromatic N) is 4. The van der Waals surface area contributed by atoms with Crippen molar-refractivity contribution in [3.8, 4) is 0 Å². The van der Waals surface area contributed by atoms with Crippen LogP contribution in [0.3, 0.4) is 0 Å². The number of amides is 1. The van der Waals surface area contributed by atoms with Crippen LogP contribution in [0, 0.1) is 6.92 Å². The van der Waals surface area contributed by atoms with E-state index in [1.807, 2.05) is 32.9 Å². The molecule has 1 aromatic carbocycles. The lowest BCUT2D eigenvalue weighted by atomic mass is 10.0. The van der Waals surface area contributed by atoms with Gasteiger partial charge in [0.05, 0.1) is 0 Å². The predicted octanol–water partition coefficient (Wildman–Crippen LogP) is 3.35. The first-order chi connectivity index (χ1) is 11.6. The molecule has 0 unspecified atom stereocenters. The van der Waals surface area contributed by atoms with Gasteiger partial charge in [-0.2, -0.15) is 0 Å². The second-order valence-electron chi connectivity index (χ2n) is 6.02. The molecule has 1 amide bonds. The fourth-order valence-electron chi connectivity index (χ4n) is 3.24. The minimum Gasteiger partial charge on any atom is -0.338 e. The molecule has 2 aromatic rings. The summed E-state index contributed by atoms with van der Waals surface area (Å²) in [6.45, 7) is 8.08. The van der Waals surface area contributed by atoms with Crippen molar-refractivity contribution in [3.63, 3.8) is 0 Å². The molecule has 2 heterocycles. The molecule has 0 radical (unpaired) electrons. The summed E-state index contributed by atoms with van der Waals surface area (Å²) in [6.07, 6.45) is 2.17. The van der Waals surface area contributed by atoms with Gasteiger partial charge in [0.25, 0.3) is 5.91 Å². The quantitative estimate of drug-likeness (QED) is 0.865. The third kappa shape index (κ3) is 3.11. The van der Waals surface area contributed by atoms with Crippen molar-refractivity contribution in [2.45, 2.75) is 33.6 Å². The van der Waals surface area contributed by atoms with Crippen molar-refractivity contribution < 1.29 is 4.79 Å². The number of benzene rings is 1. The first-order valence-electron chi connectivity index (χ1n) is 8.64. The fourth-order valence-corrected chi connectivity index (χ4v) is 3.24. The normalized spacial score (nSPS) is 13.5. The van der Waals surface area contributed by atoms with Gasteiger partial charge in [-0.15, -0.1) is 0 Å². The van der Waals surface area contributed by atoms with Gasteiger partial charge >= 0.3 is 0 Å². The largest absolute Gasteiger partial charge is 0.338 e. The van der Waals surface area contributed by atoms with E-state index in [1.54, 1.807) is 4.90 Å². The molecule has 0 atom stereocenters. The summed E-state index contributed by atoms with van der Waals surface area (Å²) in [5.41, 5.74) is 2.99. The van der Waals surface area contributed by atoms with Gasteiger partial charge in [0.15, 0.2) is 0 Å². The number of hydrogen-bond acceptors (Lipinski definition) is 4. The van der Waals surface area contributed by atoms with Crippen LogP contribution in [0.4, 0.5) is 11.5 Å². The Morgan fingerprint density at radius 2 is 1.96 bits per heavy atom. The van der Waals surface area contributed by atoms with Crippen molar-refractivity contribution in [1.29, 1.82) is 0 Å². The van der Waals surface area contributed by atoms with Crippen LogP contribution in [0.2, 0.25) is 0 Å². The highest BCUT2D eigenvalue weighted by atomic mass is 16.2. The number of hydrogen-bond donors (Lipinski definition) is 0. The van der Waals surface area contributed by atoms with Gasteiger partial charge in [0.1, 0.15) is 17.3 Å². The number of fused-ring (bicyclic) bond motifs is 1. The van der Waals surface area contributed by atoms with Crippen molar-refractivity contribution in [2.75, 3.05) is 24.5 Å². The molecule has 5 heteroatoms. The number of anilines is 2. The molecule has 0 N–H and O–H groups in total. The topological polar surface area (TPSA) is 49.3 Å². The van der Waals surface area contributed by atoms with E-state index in [9.17, 15) is 4.79 Å². The molecule has 3 rings (SSSR count). The first kappa shape index (κ1) is 16.4. The van der Waals surface area contributed by atoms with E-state index >= 15 is 0 Å². The molecule has 126 valence electrons. The first-order valence-corrected chi connectivity index (χ1v) is 8.64. The number of para-hydroxylation sites is 1. The highest BCUT2D eigenvalue weighted by molar-refractivity contribution is 5.93. The highest BCUT2D eigenvalue weighted by Crippen LogP contribution is 2.32. The molecule has 1 aromatic heterocycles. The van der Waals surface area contributed by atoms with E-state index in [2.05, 4.69) is 33.1 Å². The maximum absolute atomic E-state index is 12.7. The number of rotatable bonds is 4. The average molecular weight is 324 g/mol. The zero-order chi connectivity index (χ0) is 17.1. The maximum Gasteiger partial charge on any atom is 0.272 e. The van der Waals surface area contributed by atoms with Crippen molar-refractivity contribution in [1.82, 2.24) is 14.9 Å². The van der Waals surface area contributed by atoms with Crippen LogP contribution in [0.5, 0.6) is 0 Å². The molecule has 0 fully saturated rings. The molecule has 24 heavy (non-hydrogen) atoms. The van der Waals surface area contributed by atoms with Crippen molar-refractivity contribution >= 4 is 17.4 Å². The van der Waals surface area contributed by atoms with E-state index < -0.39 is 0 Å². The summed E-state index contributed by atoms with van der Waals surface area (Å²) in [6, 6.07) is 10.2. The van der Waals surface area contributed by atoms with Crippen molar-refractivity contribution in [2.24, 2.45) is 0 Å². The van der Waals surface area contributed by atoms with Gasteiger partial charge in [-0.3, -0.25) is 4.79 Å². The van der Waals surface area contributed by atoms with Gasteiger partial charge in [-0.05, 0) is 45.2 Å². The zero-order valence-electron chi connectivity index (χ0n) is 14.6. The van der Waals surface area contributed by atoms with Crippen LogP contribution < -0.4 is 4.90 Å². The number of aryl methyl sites for hydroxylation is 2. The Balaban J connectivity index is 2.00. The van der Waals surface area contributed by atoms with E-state index in [0.717, 1.165) is 25.2 Å². The number of carbonyl (C=O) groups excluding carboxylic acids is 1. The minimum atomic E-state index is -0.0305. The second kappa shape index (κ2) is 6.99. The molecular weight excluding hydrogens is 300 g/mol. The van der Waals surface area contributed by atoms with E-state index in [0.29, 0.717) is 24.6 Å².